The lowest BCUT2D eigenvalue weighted by atomic mass is 9.85. The molecule has 1 aliphatic heterocycles. The van der Waals surface area contributed by atoms with Crippen LogP contribution in [0, 0.1) is 11.8 Å². The molecule has 86 valence electrons. The molecular formula is C9H6Cl3NO2S. The van der Waals surface area contributed by atoms with Gasteiger partial charge in [-0.3, -0.25) is 9.59 Å². The van der Waals surface area contributed by atoms with E-state index < -0.39 is 27.6 Å². The lowest BCUT2D eigenvalue weighted by Crippen LogP contribution is -2.41. The Morgan fingerprint density at radius 2 is 1.94 bits per heavy atom. The third-order valence-corrected chi connectivity index (χ3v) is 3.56. The maximum absolute atomic E-state index is 11.9. The molecule has 0 aromatic rings. The molecule has 0 spiro atoms. The molecule has 1 fully saturated rings. The molecular weight excluding hydrogens is 293 g/mol. The Balaban J connectivity index is 2.41. The zero-order valence-electron chi connectivity index (χ0n) is 7.82. The van der Waals surface area contributed by atoms with Crippen molar-refractivity contribution in [3.05, 3.63) is 12.2 Å². The third kappa shape index (κ3) is 1.78. The number of hydrogen-bond acceptors (Lipinski definition) is 3. The molecule has 1 heterocycles. The number of carbonyl (C=O) groups is 2. The molecule has 0 aromatic heterocycles. The fraction of sp³-hybridized carbons (Fsp3) is 0.444. The highest BCUT2D eigenvalue weighted by molar-refractivity contribution is 7.80. The number of alkyl halides is 3. The Kier molecular flexibility index (Phi) is 3.03. The van der Waals surface area contributed by atoms with Crippen LogP contribution in [-0.2, 0) is 9.59 Å². The number of thiocarbonyl (C=S) groups is 1. The van der Waals surface area contributed by atoms with Gasteiger partial charge in [0.2, 0.25) is 11.8 Å². The monoisotopic (exact) mass is 297 g/mol. The van der Waals surface area contributed by atoms with Gasteiger partial charge in [-0.2, -0.15) is 0 Å². The van der Waals surface area contributed by atoms with E-state index in [4.69, 9.17) is 47.0 Å². The van der Waals surface area contributed by atoms with Crippen molar-refractivity contribution in [2.75, 3.05) is 0 Å². The van der Waals surface area contributed by atoms with Crippen molar-refractivity contribution in [2.24, 2.45) is 11.8 Å². The second-order valence-electron chi connectivity index (χ2n) is 3.60. The summed E-state index contributed by atoms with van der Waals surface area (Å²) < 4.78 is -2.04. The number of likely N-dealkylation sites (tertiary alicyclic amines) is 1. The summed E-state index contributed by atoms with van der Waals surface area (Å²) in [7, 11) is 0. The minimum Gasteiger partial charge on any atom is -0.274 e. The number of carbonyl (C=O) groups excluding carboxylic acids is 2. The Hall–Kier alpha value is -0.160. The average Bonchev–Trinajstić information content (AvgIpc) is 2.39. The fourth-order valence-electron chi connectivity index (χ4n) is 1.97. The predicted octanol–water partition coefficient (Wildman–Crippen LogP) is 2.25. The van der Waals surface area contributed by atoms with E-state index in [1.54, 1.807) is 12.2 Å². The van der Waals surface area contributed by atoms with Gasteiger partial charge in [0, 0.05) is 4.86 Å². The van der Waals surface area contributed by atoms with Crippen LogP contribution in [0.3, 0.4) is 0 Å². The summed E-state index contributed by atoms with van der Waals surface area (Å²) in [5.41, 5.74) is 0. The number of amides is 2. The zero-order chi connectivity index (χ0) is 12.1. The van der Waals surface area contributed by atoms with Crippen molar-refractivity contribution >= 4 is 63.7 Å². The normalized spacial score (nSPS) is 29.9. The van der Waals surface area contributed by atoms with Gasteiger partial charge in [-0.25, -0.2) is 4.90 Å². The van der Waals surface area contributed by atoms with Gasteiger partial charge < -0.3 is 0 Å². The molecule has 16 heavy (non-hydrogen) atoms. The first-order valence-corrected chi connectivity index (χ1v) is 6.03. The van der Waals surface area contributed by atoms with Crippen molar-refractivity contribution in [3.8, 4) is 0 Å². The highest BCUT2D eigenvalue weighted by Crippen LogP contribution is 2.42. The quantitative estimate of drug-likeness (QED) is 0.298. The van der Waals surface area contributed by atoms with Crippen LogP contribution in [0.4, 0.5) is 0 Å². The van der Waals surface area contributed by atoms with Gasteiger partial charge in [0.25, 0.3) is 3.92 Å². The topological polar surface area (TPSA) is 37.4 Å². The van der Waals surface area contributed by atoms with Gasteiger partial charge in [0.15, 0.2) is 0 Å². The largest absolute Gasteiger partial charge is 0.276 e. The summed E-state index contributed by atoms with van der Waals surface area (Å²) in [5.74, 6) is -2.16. The minimum atomic E-state index is -2.04. The van der Waals surface area contributed by atoms with Crippen LogP contribution < -0.4 is 0 Å². The molecule has 2 amide bonds. The number of imide groups is 1. The SMILES string of the molecule is O=C1C2CC=CC(=S)C2C(=O)N1C(Cl)(Cl)Cl. The first-order valence-electron chi connectivity index (χ1n) is 4.49. The van der Waals surface area contributed by atoms with Gasteiger partial charge in [-0.15, -0.1) is 0 Å². The highest BCUT2D eigenvalue weighted by atomic mass is 35.6. The van der Waals surface area contributed by atoms with E-state index in [0.29, 0.717) is 16.2 Å². The van der Waals surface area contributed by atoms with Crippen LogP contribution >= 0.6 is 47.0 Å². The van der Waals surface area contributed by atoms with E-state index in [9.17, 15) is 9.59 Å². The van der Waals surface area contributed by atoms with Gasteiger partial charge in [0.1, 0.15) is 0 Å². The van der Waals surface area contributed by atoms with Gasteiger partial charge in [0.05, 0.1) is 11.8 Å². The molecule has 2 atom stereocenters. The summed E-state index contributed by atoms with van der Waals surface area (Å²) >= 11 is 21.8. The molecule has 1 saturated heterocycles. The number of fused-ring (bicyclic) bond motifs is 1. The van der Waals surface area contributed by atoms with E-state index in [-0.39, 0.29) is 0 Å². The molecule has 2 rings (SSSR count). The Morgan fingerprint density at radius 1 is 1.31 bits per heavy atom. The highest BCUT2D eigenvalue weighted by Gasteiger charge is 2.55. The van der Waals surface area contributed by atoms with Crippen molar-refractivity contribution in [1.82, 2.24) is 4.90 Å². The average molecular weight is 299 g/mol. The molecule has 0 aromatic carbocycles. The van der Waals surface area contributed by atoms with Crippen molar-refractivity contribution in [3.63, 3.8) is 0 Å². The smallest absolute Gasteiger partial charge is 0.274 e. The molecule has 1 aliphatic carbocycles. The van der Waals surface area contributed by atoms with Crippen LogP contribution in [0.15, 0.2) is 12.2 Å². The Bertz CT molecular complexity index is 415. The first-order chi connectivity index (χ1) is 7.34. The lowest BCUT2D eigenvalue weighted by Gasteiger charge is -2.22. The first kappa shape index (κ1) is 12.3. The van der Waals surface area contributed by atoms with Gasteiger partial charge in [-0.1, -0.05) is 59.2 Å². The Labute approximate surface area is 112 Å². The van der Waals surface area contributed by atoms with Crippen molar-refractivity contribution in [2.45, 2.75) is 10.3 Å². The Morgan fingerprint density at radius 3 is 2.44 bits per heavy atom. The molecule has 0 N–H and O–H groups in total. The van der Waals surface area contributed by atoms with Crippen LogP contribution in [0.25, 0.3) is 0 Å². The molecule has 0 radical (unpaired) electrons. The second kappa shape index (κ2) is 3.95. The maximum atomic E-state index is 11.9. The van der Waals surface area contributed by atoms with Crippen LogP contribution in [-0.4, -0.2) is 25.5 Å². The third-order valence-electron chi connectivity index (χ3n) is 2.66. The number of nitrogens with zero attached hydrogens (tertiary/aromatic N) is 1. The second-order valence-corrected chi connectivity index (χ2v) is 6.30. The van der Waals surface area contributed by atoms with Crippen LogP contribution in [0.5, 0.6) is 0 Å². The summed E-state index contributed by atoms with van der Waals surface area (Å²) in [4.78, 5) is 24.9. The van der Waals surface area contributed by atoms with Crippen molar-refractivity contribution < 1.29 is 9.59 Å². The summed E-state index contributed by atoms with van der Waals surface area (Å²) in [6.07, 6.45) is 3.87. The molecule has 2 unspecified atom stereocenters. The van der Waals surface area contributed by atoms with Crippen LogP contribution in [0.1, 0.15) is 6.42 Å². The zero-order valence-corrected chi connectivity index (χ0v) is 10.9. The van der Waals surface area contributed by atoms with Crippen LogP contribution in [0.2, 0.25) is 0 Å². The van der Waals surface area contributed by atoms with E-state index in [2.05, 4.69) is 0 Å². The number of hydrogen-bond donors (Lipinski definition) is 0. The molecule has 0 bridgehead atoms. The summed E-state index contributed by atoms with van der Waals surface area (Å²) in [6, 6.07) is 0. The molecule has 0 saturated carbocycles. The van der Waals surface area contributed by atoms with E-state index in [1.165, 1.54) is 0 Å². The van der Waals surface area contributed by atoms with E-state index in [1.807, 2.05) is 0 Å². The minimum absolute atomic E-state index is 0.423. The summed E-state index contributed by atoms with van der Waals surface area (Å²) in [5, 5.41) is 0. The fourth-order valence-corrected chi connectivity index (χ4v) is 2.83. The van der Waals surface area contributed by atoms with Gasteiger partial charge in [-0.05, 0) is 6.42 Å². The van der Waals surface area contributed by atoms with Gasteiger partial charge >= 0.3 is 0 Å². The molecule has 7 heteroatoms. The predicted molar refractivity (Wildman–Crippen MR) is 65.5 cm³/mol. The van der Waals surface area contributed by atoms with E-state index in [0.717, 1.165) is 0 Å². The lowest BCUT2D eigenvalue weighted by molar-refractivity contribution is -0.139. The summed E-state index contributed by atoms with van der Waals surface area (Å²) in [6.45, 7) is 0. The van der Waals surface area contributed by atoms with Crippen molar-refractivity contribution in [1.29, 1.82) is 0 Å². The maximum Gasteiger partial charge on any atom is 0.276 e. The number of halogens is 3. The number of rotatable bonds is 0. The van der Waals surface area contributed by atoms with E-state index >= 15 is 0 Å². The standard InChI is InChI=1S/C9H6Cl3NO2S/c10-9(11,12)13-7(14)4-2-1-3-5(16)6(4)8(13)15/h1,3-4,6H,2H2. The number of allylic oxidation sites excluding steroid dienone is 2. The molecule has 3 nitrogen and oxygen atoms in total. The molecule has 2 aliphatic rings.